The number of aryl methyl sites for hydroxylation is 2. The van der Waals surface area contributed by atoms with Gasteiger partial charge < -0.3 is 5.32 Å². The molecule has 4 rings (SSSR count). The van der Waals surface area contributed by atoms with Gasteiger partial charge in [-0.25, -0.2) is 4.39 Å². The number of hydrogen-bond acceptors (Lipinski definition) is 3. The standard InChI is InChI=1S/C20H22FN3O/c1-10-7-12(21)5-6-13(10)17-16-11(2)23-24-19(16)22-14-8-20(3,4)9-15(25)18(14)17/h5-7,17H,8-9H2,1-4H3,(H2,22,23,24). The molecule has 2 heterocycles. The molecule has 0 spiro atoms. The summed E-state index contributed by atoms with van der Waals surface area (Å²) in [5.74, 6) is 0.480. The maximum absolute atomic E-state index is 13.6. The maximum atomic E-state index is 13.6. The van der Waals surface area contributed by atoms with E-state index in [2.05, 4.69) is 29.4 Å². The zero-order valence-corrected chi connectivity index (χ0v) is 15.0. The topological polar surface area (TPSA) is 57.8 Å². The lowest BCUT2D eigenvalue weighted by molar-refractivity contribution is -0.118. The summed E-state index contributed by atoms with van der Waals surface area (Å²) in [7, 11) is 0. The predicted octanol–water partition coefficient (Wildman–Crippen LogP) is 4.37. The largest absolute Gasteiger partial charge is 0.342 e. The normalized spacial score (nSPS) is 21.6. The third kappa shape index (κ3) is 2.49. The van der Waals surface area contributed by atoms with Gasteiger partial charge in [0.05, 0.1) is 0 Å². The van der Waals surface area contributed by atoms with Gasteiger partial charge in [0.2, 0.25) is 0 Å². The second-order valence-electron chi connectivity index (χ2n) is 8.00. The Labute approximate surface area is 146 Å². The minimum Gasteiger partial charge on any atom is -0.342 e. The Balaban J connectivity index is 1.96. The number of nitrogens with zero attached hydrogens (tertiary/aromatic N) is 1. The van der Waals surface area contributed by atoms with Crippen molar-refractivity contribution in [3.8, 4) is 0 Å². The number of Topliss-reactive ketones (excluding diaryl/α,β-unsaturated/α-hetero) is 1. The molecule has 130 valence electrons. The number of aromatic nitrogens is 2. The number of ketones is 1. The molecule has 1 aliphatic heterocycles. The zero-order chi connectivity index (χ0) is 17.9. The number of fused-ring (bicyclic) bond motifs is 1. The molecular formula is C20H22FN3O. The van der Waals surface area contributed by atoms with Crippen LogP contribution in [0.4, 0.5) is 10.2 Å². The van der Waals surface area contributed by atoms with Crippen molar-refractivity contribution >= 4 is 11.6 Å². The fourth-order valence-electron chi connectivity index (χ4n) is 4.23. The SMILES string of the molecule is Cc1cc(F)ccc1C1C2=C(CC(C)(C)CC2=O)Nc2n[nH]c(C)c21. The number of benzene rings is 1. The molecule has 0 fully saturated rings. The van der Waals surface area contributed by atoms with Crippen LogP contribution in [-0.2, 0) is 4.79 Å². The van der Waals surface area contributed by atoms with Crippen LogP contribution in [0.2, 0.25) is 0 Å². The van der Waals surface area contributed by atoms with E-state index in [0.717, 1.165) is 45.9 Å². The number of halogens is 1. The highest BCUT2D eigenvalue weighted by Gasteiger charge is 2.42. The monoisotopic (exact) mass is 339 g/mol. The third-order valence-corrected chi connectivity index (χ3v) is 5.30. The molecular weight excluding hydrogens is 317 g/mol. The summed E-state index contributed by atoms with van der Waals surface area (Å²) in [5.41, 5.74) is 5.42. The first-order valence-corrected chi connectivity index (χ1v) is 8.61. The molecule has 1 unspecified atom stereocenters. The molecule has 0 radical (unpaired) electrons. The number of nitrogens with one attached hydrogen (secondary N) is 2. The molecule has 1 atom stereocenters. The number of allylic oxidation sites excluding steroid dienone is 2. The van der Waals surface area contributed by atoms with Crippen molar-refractivity contribution in [2.75, 3.05) is 5.32 Å². The summed E-state index contributed by atoms with van der Waals surface area (Å²) in [5, 5.41) is 10.8. The second-order valence-corrected chi connectivity index (χ2v) is 8.00. The number of hydrogen-bond donors (Lipinski definition) is 2. The van der Waals surface area contributed by atoms with Crippen LogP contribution >= 0.6 is 0 Å². The van der Waals surface area contributed by atoms with E-state index in [1.807, 2.05) is 13.8 Å². The summed E-state index contributed by atoms with van der Waals surface area (Å²) < 4.78 is 13.6. The second kappa shape index (κ2) is 5.28. The van der Waals surface area contributed by atoms with Crippen molar-refractivity contribution < 1.29 is 9.18 Å². The Kier molecular flexibility index (Phi) is 3.39. The molecule has 0 saturated carbocycles. The van der Waals surface area contributed by atoms with E-state index in [1.165, 1.54) is 12.1 Å². The highest BCUT2D eigenvalue weighted by Crippen LogP contribution is 2.49. The molecule has 2 aliphatic rings. The molecule has 4 nitrogen and oxygen atoms in total. The van der Waals surface area contributed by atoms with Gasteiger partial charge in [0.15, 0.2) is 11.6 Å². The van der Waals surface area contributed by atoms with Gasteiger partial charge in [-0.05, 0) is 48.9 Å². The van der Waals surface area contributed by atoms with Gasteiger partial charge in [-0.1, -0.05) is 19.9 Å². The van der Waals surface area contributed by atoms with Gasteiger partial charge in [0.1, 0.15) is 5.82 Å². The average Bonchev–Trinajstić information content (AvgIpc) is 2.85. The molecule has 1 aliphatic carbocycles. The van der Waals surface area contributed by atoms with Crippen molar-refractivity contribution in [1.82, 2.24) is 10.2 Å². The van der Waals surface area contributed by atoms with E-state index in [4.69, 9.17) is 0 Å². The lowest BCUT2D eigenvalue weighted by Gasteiger charge is -2.38. The fraction of sp³-hybridized carbons (Fsp3) is 0.400. The predicted molar refractivity (Wildman–Crippen MR) is 95.0 cm³/mol. The number of carbonyl (C=O) groups is 1. The molecule has 0 saturated heterocycles. The number of rotatable bonds is 1. The smallest absolute Gasteiger partial charge is 0.162 e. The average molecular weight is 339 g/mol. The van der Waals surface area contributed by atoms with Gasteiger partial charge >= 0.3 is 0 Å². The first-order chi connectivity index (χ1) is 11.8. The Hall–Kier alpha value is -2.43. The molecule has 5 heteroatoms. The minimum absolute atomic E-state index is 0.0752. The molecule has 0 bridgehead atoms. The van der Waals surface area contributed by atoms with E-state index in [9.17, 15) is 9.18 Å². The molecule has 1 aromatic carbocycles. The van der Waals surface area contributed by atoms with Crippen molar-refractivity contribution in [3.63, 3.8) is 0 Å². The summed E-state index contributed by atoms with van der Waals surface area (Å²) in [4.78, 5) is 13.0. The van der Waals surface area contributed by atoms with Crippen molar-refractivity contribution in [2.24, 2.45) is 5.41 Å². The maximum Gasteiger partial charge on any atom is 0.162 e. The van der Waals surface area contributed by atoms with Gasteiger partial charge in [-0.15, -0.1) is 0 Å². The summed E-state index contributed by atoms with van der Waals surface area (Å²) in [6.07, 6.45) is 1.33. The summed E-state index contributed by atoms with van der Waals surface area (Å²) >= 11 is 0. The number of anilines is 1. The van der Waals surface area contributed by atoms with Gasteiger partial charge in [-0.2, -0.15) is 5.10 Å². The lowest BCUT2D eigenvalue weighted by Crippen LogP contribution is -2.34. The molecule has 2 N–H and O–H groups in total. The minimum atomic E-state index is -0.260. The number of H-pyrrole nitrogens is 1. The number of aromatic amines is 1. The van der Waals surface area contributed by atoms with Crippen molar-refractivity contribution in [2.45, 2.75) is 46.5 Å². The first kappa shape index (κ1) is 16.1. The van der Waals surface area contributed by atoms with Crippen molar-refractivity contribution in [1.29, 1.82) is 0 Å². The number of carbonyl (C=O) groups excluding carboxylic acids is 1. The van der Waals surface area contributed by atoms with Crippen LogP contribution in [0.1, 0.15) is 55.0 Å². The van der Waals surface area contributed by atoms with E-state index in [-0.39, 0.29) is 22.9 Å². The Morgan fingerprint density at radius 3 is 2.72 bits per heavy atom. The van der Waals surface area contributed by atoms with Crippen molar-refractivity contribution in [3.05, 3.63) is 57.7 Å². The quantitative estimate of drug-likeness (QED) is 0.811. The Morgan fingerprint density at radius 1 is 1.24 bits per heavy atom. The van der Waals surface area contributed by atoms with Crippen LogP contribution in [0.25, 0.3) is 0 Å². The van der Waals surface area contributed by atoms with Gasteiger partial charge in [0, 0.05) is 34.9 Å². The molecule has 25 heavy (non-hydrogen) atoms. The van der Waals surface area contributed by atoms with Crippen LogP contribution in [-0.4, -0.2) is 16.0 Å². The Bertz CT molecular complexity index is 923. The summed E-state index contributed by atoms with van der Waals surface area (Å²) in [6.45, 7) is 8.08. The van der Waals surface area contributed by atoms with Crippen LogP contribution < -0.4 is 5.32 Å². The van der Waals surface area contributed by atoms with E-state index >= 15 is 0 Å². The van der Waals surface area contributed by atoms with E-state index in [1.54, 1.807) is 6.07 Å². The highest BCUT2D eigenvalue weighted by atomic mass is 19.1. The molecule has 2 aromatic rings. The van der Waals surface area contributed by atoms with E-state index in [0.29, 0.717) is 6.42 Å². The van der Waals surface area contributed by atoms with Gasteiger partial charge in [0.25, 0.3) is 0 Å². The van der Waals surface area contributed by atoms with Crippen LogP contribution in [0, 0.1) is 25.1 Å². The Morgan fingerprint density at radius 2 is 2.00 bits per heavy atom. The molecule has 0 amide bonds. The fourth-order valence-corrected chi connectivity index (χ4v) is 4.23. The zero-order valence-electron chi connectivity index (χ0n) is 15.0. The van der Waals surface area contributed by atoms with Crippen LogP contribution in [0.15, 0.2) is 29.5 Å². The summed E-state index contributed by atoms with van der Waals surface area (Å²) in [6, 6.07) is 4.80. The van der Waals surface area contributed by atoms with Crippen LogP contribution in [0.3, 0.4) is 0 Å². The third-order valence-electron chi connectivity index (χ3n) is 5.30. The first-order valence-electron chi connectivity index (χ1n) is 8.61. The molecule has 1 aromatic heterocycles. The van der Waals surface area contributed by atoms with E-state index < -0.39 is 0 Å². The highest BCUT2D eigenvalue weighted by molar-refractivity contribution is 6.01. The lowest BCUT2D eigenvalue weighted by atomic mass is 9.68. The van der Waals surface area contributed by atoms with Crippen LogP contribution in [0.5, 0.6) is 0 Å². The van der Waals surface area contributed by atoms with Gasteiger partial charge in [-0.3, -0.25) is 9.89 Å².